The van der Waals surface area contributed by atoms with E-state index in [1.54, 1.807) is 6.07 Å². The highest BCUT2D eigenvalue weighted by atomic mass is 19.1. The molecule has 1 unspecified atom stereocenters. The van der Waals surface area contributed by atoms with Crippen molar-refractivity contribution < 1.29 is 9.13 Å². The molecule has 4 aliphatic rings. The molecule has 0 heterocycles. The fourth-order valence-corrected chi connectivity index (χ4v) is 5.81. The largest absolute Gasteiger partial charge is 0.494 e. The summed E-state index contributed by atoms with van der Waals surface area (Å²) >= 11 is 0. The summed E-state index contributed by atoms with van der Waals surface area (Å²) in [5, 5.41) is 0. The molecule has 114 valence electrons. The number of benzene rings is 1. The van der Waals surface area contributed by atoms with Gasteiger partial charge in [0.15, 0.2) is 11.6 Å². The van der Waals surface area contributed by atoms with Gasteiger partial charge in [-0.2, -0.15) is 0 Å². The highest BCUT2D eigenvalue weighted by molar-refractivity contribution is 5.34. The minimum atomic E-state index is -0.261. The van der Waals surface area contributed by atoms with Gasteiger partial charge in [0.25, 0.3) is 0 Å². The summed E-state index contributed by atoms with van der Waals surface area (Å²) in [5.74, 6) is 2.54. The summed E-state index contributed by atoms with van der Waals surface area (Å²) in [6, 6.07) is 5.19. The van der Waals surface area contributed by atoms with Crippen molar-refractivity contribution in [2.75, 3.05) is 7.11 Å². The van der Waals surface area contributed by atoms with Crippen LogP contribution in [-0.2, 0) is 0 Å². The third kappa shape index (κ3) is 2.01. The molecule has 2 N–H and O–H groups in total. The molecular weight excluding hydrogens is 265 g/mol. The molecule has 21 heavy (non-hydrogen) atoms. The molecule has 2 nitrogen and oxygen atoms in total. The second-order valence-corrected chi connectivity index (χ2v) is 7.62. The van der Waals surface area contributed by atoms with E-state index in [1.165, 1.54) is 45.6 Å². The van der Waals surface area contributed by atoms with Gasteiger partial charge in [-0.25, -0.2) is 4.39 Å². The average Bonchev–Trinajstić information content (AvgIpc) is 2.45. The summed E-state index contributed by atoms with van der Waals surface area (Å²) in [4.78, 5) is 0. The Balaban J connectivity index is 1.70. The van der Waals surface area contributed by atoms with Crippen molar-refractivity contribution in [3.8, 4) is 5.75 Å². The summed E-state index contributed by atoms with van der Waals surface area (Å²) in [5.41, 5.74) is 7.40. The number of ether oxygens (including phenoxy) is 1. The molecule has 0 aromatic heterocycles. The number of halogens is 1. The van der Waals surface area contributed by atoms with E-state index in [9.17, 15) is 4.39 Å². The highest BCUT2D eigenvalue weighted by Crippen LogP contribution is 2.63. The van der Waals surface area contributed by atoms with Gasteiger partial charge in [-0.1, -0.05) is 12.1 Å². The second-order valence-electron chi connectivity index (χ2n) is 7.62. The first-order chi connectivity index (χ1) is 10.1. The van der Waals surface area contributed by atoms with Gasteiger partial charge in [0.05, 0.1) is 7.11 Å². The van der Waals surface area contributed by atoms with Crippen LogP contribution in [0.25, 0.3) is 0 Å². The standard InChI is InChI=1S/C18H24FNO/c1-21-15-4-2-3-14(16(15)19)17(20)18-8-11-5-12(9-18)7-13(6-11)10-18/h2-4,11-13,17H,5-10,20H2,1H3. The van der Waals surface area contributed by atoms with Crippen LogP contribution in [0.3, 0.4) is 0 Å². The Labute approximate surface area is 125 Å². The molecule has 1 aromatic carbocycles. The van der Waals surface area contributed by atoms with Crippen LogP contribution in [0.5, 0.6) is 5.75 Å². The molecule has 5 rings (SSSR count). The molecule has 1 atom stereocenters. The van der Waals surface area contributed by atoms with Gasteiger partial charge in [-0.3, -0.25) is 0 Å². The van der Waals surface area contributed by atoms with Crippen molar-refractivity contribution in [3.05, 3.63) is 29.6 Å². The van der Waals surface area contributed by atoms with Gasteiger partial charge in [0, 0.05) is 11.6 Å². The smallest absolute Gasteiger partial charge is 0.169 e. The summed E-state index contributed by atoms with van der Waals surface area (Å²) in [6.45, 7) is 0. The van der Waals surface area contributed by atoms with Gasteiger partial charge >= 0.3 is 0 Å². The number of hydrogen-bond acceptors (Lipinski definition) is 2. The van der Waals surface area contributed by atoms with E-state index in [-0.39, 0.29) is 17.3 Å². The average molecular weight is 289 g/mol. The summed E-state index contributed by atoms with van der Waals surface area (Å²) in [6.07, 6.45) is 7.72. The first kappa shape index (κ1) is 13.6. The molecule has 0 aliphatic heterocycles. The zero-order valence-corrected chi connectivity index (χ0v) is 12.6. The topological polar surface area (TPSA) is 35.2 Å². The molecule has 3 heteroatoms. The van der Waals surface area contributed by atoms with E-state index in [0.717, 1.165) is 17.8 Å². The molecule has 0 spiro atoms. The quantitative estimate of drug-likeness (QED) is 0.911. The maximum absolute atomic E-state index is 14.6. The molecule has 0 amide bonds. The van der Waals surface area contributed by atoms with E-state index >= 15 is 0 Å². The van der Waals surface area contributed by atoms with Crippen LogP contribution in [0.2, 0.25) is 0 Å². The van der Waals surface area contributed by atoms with Gasteiger partial charge in [-0.05, 0) is 67.8 Å². The zero-order chi connectivity index (χ0) is 14.6. The van der Waals surface area contributed by atoms with E-state index in [2.05, 4.69) is 0 Å². The van der Waals surface area contributed by atoms with E-state index < -0.39 is 0 Å². The van der Waals surface area contributed by atoms with Crippen molar-refractivity contribution in [3.63, 3.8) is 0 Å². The van der Waals surface area contributed by atoms with Crippen LogP contribution >= 0.6 is 0 Å². The van der Waals surface area contributed by atoms with Crippen molar-refractivity contribution in [1.82, 2.24) is 0 Å². The molecule has 4 aliphatic carbocycles. The van der Waals surface area contributed by atoms with Crippen molar-refractivity contribution in [2.24, 2.45) is 28.9 Å². The molecule has 0 radical (unpaired) electrons. The lowest BCUT2D eigenvalue weighted by molar-refractivity contribution is -0.0683. The van der Waals surface area contributed by atoms with Gasteiger partial charge < -0.3 is 10.5 Å². The van der Waals surface area contributed by atoms with Crippen LogP contribution in [0.1, 0.15) is 50.1 Å². The van der Waals surface area contributed by atoms with Crippen LogP contribution in [0, 0.1) is 29.0 Å². The normalized spacial score (nSPS) is 38.5. The second kappa shape index (κ2) is 4.70. The predicted octanol–water partition coefficient (Wildman–Crippen LogP) is 4.05. The molecule has 1 aromatic rings. The number of rotatable bonds is 3. The zero-order valence-electron chi connectivity index (χ0n) is 12.6. The Hall–Kier alpha value is -1.09. The number of methoxy groups -OCH3 is 1. The lowest BCUT2D eigenvalue weighted by atomic mass is 9.47. The highest BCUT2D eigenvalue weighted by Gasteiger charge is 2.54. The third-order valence-corrected chi connectivity index (χ3v) is 6.29. The lowest BCUT2D eigenvalue weighted by Crippen LogP contribution is -2.51. The molecule has 4 saturated carbocycles. The van der Waals surface area contributed by atoms with E-state index in [1.807, 2.05) is 12.1 Å². The minimum absolute atomic E-state index is 0.127. The SMILES string of the molecule is COc1cccc(C(N)C23CC4CC(CC(C4)C2)C3)c1F. The van der Waals surface area contributed by atoms with Crippen LogP contribution in [0.4, 0.5) is 4.39 Å². The molecular formula is C18H24FNO. The summed E-state index contributed by atoms with van der Waals surface area (Å²) in [7, 11) is 1.51. The Morgan fingerprint density at radius 2 is 1.71 bits per heavy atom. The Morgan fingerprint density at radius 3 is 2.24 bits per heavy atom. The third-order valence-electron chi connectivity index (χ3n) is 6.29. The lowest BCUT2D eigenvalue weighted by Gasteiger charge is -2.59. The Kier molecular flexibility index (Phi) is 3.04. The minimum Gasteiger partial charge on any atom is -0.494 e. The monoisotopic (exact) mass is 289 g/mol. The van der Waals surface area contributed by atoms with Crippen molar-refractivity contribution in [2.45, 2.75) is 44.6 Å². The van der Waals surface area contributed by atoms with Crippen LogP contribution < -0.4 is 10.5 Å². The Bertz CT molecular complexity index is 521. The number of nitrogens with two attached hydrogens (primary N) is 1. The maximum atomic E-state index is 14.6. The van der Waals surface area contributed by atoms with Crippen LogP contribution in [0.15, 0.2) is 18.2 Å². The van der Waals surface area contributed by atoms with Crippen molar-refractivity contribution >= 4 is 0 Å². The van der Waals surface area contributed by atoms with Crippen LogP contribution in [-0.4, -0.2) is 7.11 Å². The molecule has 4 fully saturated rings. The van der Waals surface area contributed by atoms with E-state index in [0.29, 0.717) is 11.3 Å². The van der Waals surface area contributed by atoms with Gasteiger partial charge in [0.2, 0.25) is 0 Å². The summed E-state index contributed by atoms with van der Waals surface area (Å²) < 4.78 is 19.7. The fraction of sp³-hybridized carbons (Fsp3) is 0.667. The predicted molar refractivity (Wildman–Crippen MR) is 80.5 cm³/mol. The maximum Gasteiger partial charge on any atom is 0.169 e. The van der Waals surface area contributed by atoms with E-state index in [4.69, 9.17) is 10.5 Å². The number of hydrogen-bond donors (Lipinski definition) is 1. The molecule has 0 saturated heterocycles. The van der Waals surface area contributed by atoms with Gasteiger partial charge in [0.1, 0.15) is 0 Å². The van der Waals surface area contributed by atoms with Crippen molar-refractivity contribution in [1.29, 1.82) is 0 Å². The molecule has 4 bridgehead atoms. The first-order valence-corrected chi connectivity index (χ1v) is 8.19. The fourth-order valence-electron chi connectivity index (χ4n) is 5.81. The Morgan fingerprint density at radius 1 is 1.14 bits per heavy atom. The first-order valence-electron chi connectivity index (χ1n) is 8.19. The van der Waals surface area contributed by atoms with Gasteiger partial charge in [-0.15, -0.1) is 0 Å².